The molecule has 1 aromatic heterocycles. The standard InChI is InChI=1S/C16H19Cl2N5O2/c1-10(2)23-9-15(20-21-23)19-16(24)22-5-6-25-14(8-22)11-3-4-12(17)13(18)7-11/h3-4,7,9-10,14H,5-6,8H2,1-2H3,(H,19,24)/t14-/m0/s1. The summed E-state index contributed by atoms with van der Waals surface area (Å²) in [4.78, 5) is 14.2. The predicted octanol–water partition coefficient (Wildman–Crippen LogP) is 3.77. The van der Waals surface area contributed by atoms with Gasteiger partial charge in [-0.3, -0.25) is 5.32 Å². The Hall–Kier alpha value is -1.83. The molecule has 0 bridgehead atoms. The third-order valence-corrected chi connectivity index (χ3v) is 4.68. The Kier molecular flexibility index (Phi) is 5.46. The third-order valence-electron chi connectivity index (χ3n) is 3.94. The number of halogens is 2. The zero-order chi connectivity index (χ0) is 18.0. The summed E-state index contributed by atoms with van der Waals surface area (Å²) in [5.74, 6) is 0.427. The number of carbonyl (C=O) groups excluding carboxylic acids is 1. The lowest BCUT2D eigenvalue weighted by molar-refractivity contribution is -0.0135. The van der Waals surface area contributed by atoms with E-state index in [1.165, 1.54) is 0 Å². The number of hydrogen-bond donors (Lipinski definition) is 1. The minimum absolute atomic E-state index is 0.181. The van der Waals surface area contributed by atoms with E-state index in [1.807, 2.05) is 19.9 Å². The van der Waals surface area contributed by atoms with Crippen molar-refractivity contribution in [3.05, 3.63) is 40.0 Å². The van der Waals surface area contributed by atoms with Crippen LogP contribution >= 0.6 is 23.2 Å². The fourth-order valence-electron chi connectivity index (χ4n) is 2.52. The molecule has 0 saturated carbocycles. The summed E-state index contributed by atoms with van der Waals surface area (Å²) in [6.07, 6.45) is 1.46. The van der Waals surface area contributed by atoms with Crippen LogP contribution in [0.5, 0.6) is 0 Å². The molecule has 1 fully saturated rings. The molecule has 7 nitrogen and oxygen atoms in total. The van der Waals surface area contributed by atoms with Crippen LogP contribution in [0.4, 0.5) is 10.6 Å². The maximum atomic E-state index is 12.5. The Labute approximate surface area is 155 Å². The Balaban J connectivity index is 1.65. The van der Waals surface area contributed by atoms with Crippen molar-refractivity contribution in [1.82, 2.24) is 19.9 Å². The SMILES string of the molecule is CC(C)n1cc(NC(=O)N2CCO[C@H](c3ccc(Cl)c(Cl)c3)C2)nn1. The van der Waals surface area contributed by atoms with E-state index in [4.69, 9.17) is 27.9 Å². The van der Waals surface area contributed by atoms with Gasteiger partial charge in [0.05, 0.1) is 29.4 Å². The van der Waals surface area contributed by atoms with Crippen LogP contribution in [-0.4, -0.2) is 45.6 Å². The largest absolute Gasteiger partial charge is 0.370 e. The highest BCUT2D eigenvalue weighted by Crippen LogP contribution is 2.29. The molecule has 134 valence electrons. The number of aromatic nitrogens is 3. The molecule has 2 amide bonds. The summed E-state index contributed by atoms with van der Waals surface area (Å²) in [5, 5.41) is 11.7. The summed E-state index contributed by atoms with van der Waals surface area (Å²) in [7, 11) is 0. The number of ether oxygens (including phenoxy) is 1. The summed E-state index contributed by atoms with van der Waals surface area (Å²) >= 11 is 12.0. The Morgan fingerprint density at radius 2 is 2.16 bits per heavy atom. The van der Waals surface area contributed by atoms with E-state index < -0.39 is 0 Å². The van der Waals surface area contributed by atoms with E-state index in [2.05, 4.69) is 15.6 Å². The number of nitrogens with zero attached hydrogens (tertiary/aromatic N) is 4. The van der Waals surface area contributed by atoms with Gasteiger partial charge in [0.1, 0.15) is 6.10 Å². The number of carbonyl (C=O) groups is 1. The first kappa shape index (κ1) is 18.0. The fraction of sp³-hybridized carbons (Fsp3) is 0.438. The van der Waals surface area contributed by atoms with Gasteiger partial charge in [-0.15, -0.1) is 5.10 Å². The van der Waals surface area contributed by atoms with Crippen LogP contribution in [0.3, 0.4) is 0 Å². The number of rotatable bonds is 3. The molecule has 0 radical (unpaired) electrons. The molecule has 2 aromatic rings. The van der Waals surface area contributed by atoms with Crippen molar-refractivity contribution in [2.75, 3.05) is 25.0 Å². The molecule has 25 heavy (non-hydrogen) atoms. The van der Waals surface area contributed by atoms with Gasteiger partial charge in [-0.1, -0.05) is 34.5 Å². The molecule has 1 N–H and O–H groups in total. The van der Waals surface area contributed by atoms with Crippen molar-refractivity contribution in [2.45, 2.75) is 26.0 Å². The lowest BCUT2D eigenvalue weighted by atomic mass is 10.1. The highest BCUT2D eigenvalue weighted by Gasteiger charge is 2.26. The van der Waals surface area contributed by atoms with Gasteiger partial charge in [0.15, 0.2) is 5.82 Å². The Bertz CT molecular complexity index is 765. The van der Waals surface area contributed by atoms with Crippen molar-refractivity contribution >= 4 is 35.1 Å². The van der Waals surface area contributed by atoms with Crippen molar-refractivity contribution < 1.29 is 9.53 Å². The number of urea groups is 1. The quantitative estimate of drug-likeness (QED) is 0.875. The molecule has 9 heteroatoms. The first-order valence-electron chi connectivity index (χ1n) is 7.98. The second-order valence-corrected chi connectivity index (χ2v) is 6.90. The number of benzene rings is 1. The monoisotopic (exact) mass is 383 g/mol. The van der Waals surface area contributed by atoms with E-state index in [1.54, 1.807) is 27.9 Å². The maximum absolute atomic E-state index is 12.5. The number of nitrogens with one attached hydrogen (secondary N) is 1. The second-order valence-electron chi connectivity index (χ2n) is 6.09. The molecule has 1 aromatic carbocycles. The van der Waals surface area contributed by atoms with Crippen LogP contribution in [-0.2, 0) is 4.74 Å². The topological polar surface area (TPSA) is 72.3 Å². The zero-order valence-corrected chi connectivity index (χ0v) is 15.5. The van der Waals surface area contributed by atoms with Crippen molar-refractivity contribution in [2.24, 2.45) is 0 Å². The van der Waals surface area contributed by atoms with Gasteiger partial charge in [0.2, 0.25) is 0 Å². The van der Waals surface area contributed by atoms with Crippen molar-refractivity contribution in [3.8, 4) is 0 Å². The average Bonchev–Trinajstić information content (AvgIpc) is 3.06. The molecule has 1 aliphatic heterocycles. The number of hydrogen-bond acceptors (Lipinski definition) is 4. The van der Waals surface area contributed by atoms with Crippen molar-refractivity contribution in [1.29, 1.82) is 0 Å². The predicted molar refractivity (Wildman–Crippen MR) is 96.2 cm³/mol. The minimum atomic E-state index is -0.249. The van der Waals surface area contributed by atoms with E-state index in [-0.39, 0.29) is 18.2 Å². The van der Waals surface area contributed by atoms with Gasteiger partial charge in [-0.25, -0.2) is 9.48 Å². The summed E-state index contributed by atoms with van der Waals surface area (Å²) in [6.45, 7) is 5.34. The van der Waals surface area contributed by atoms with Crippen LogP contribution in [0.1, 0.15) is 31.6 Å². The highest BCUT2D eigenvalue weighted by atomic mass is 35.5. The highest BCUT2D eigenvalue weighted by molar-refractivity contribution is 6.42. The average molecular weight is 384 g/mol. The van der Waals surface area contributed by atoms with Crippen molar-refractivity contribution in [3.63, 3.8) is 0 Å². The van der Waals surface area contributed by atoms with Gasteiger partial charge in [0, 0.05) is 12.6 Å². The van der Waals surface area contributed by atoms with Gasteiger partial charge >= 0.3 is 6.03 Å². The van der Waals surface area contributed by atoms with Crippen LogP contribution < -0.4 is 5.32 Å². The Morgan fingerprint density at radius 3 is 2.84 bits per heavy atom. The number of anilines is 1. The van der Waals surface area contributed by atoms with Gasteiger partial charge < -0.3 is 9.64 Å². The molecule has 1 saturated heterocycles. The van der Waals surface area contributed by atoms with Gasteiger partial charge in [-0.2, -0.15) is 0 Å². The van der Waals surface area contributed by atoms with E-state index in [9.17, 15) is 4.79 Å². The lowest BCUT2D eigenvalue weighted by Crippen LogP contribution is -2.44. The summed E-state index contributed by atoms with van der Waals surface area (Å²) in [5.41, 5.74) is 0.887. The van der Waals surface area contributed by atoms with E-state index in [0.717, 1.165) is 5.56 Å². The molecule has 0 unspecified atom stereocenters. The van der Waals surface area contributed by atoms with Crippen LogP contribution in [0, 0.1) is 0 Å². The summed E-state index contributed by atoms with van der Waals surface area (Å²) in [6, 6.07) is 5.30. The van der Waals surface area contributed by atoms with Crippen LogP contribution in [0.15, 0.2) is 24.4 Å². The fourth-order valence-corrected chi connectivity index (χ4v) is 2.83. The molecule has 3 rings (SSSR count). The van der Waals surface area contributed by atoms with Crippen LogP contribution in [0.25, 0.3) is 0 Å². The second kappa shape index (κ2) is 7.59. The molecule has 1 atom stereocenters. The molecular formula is C16H19Cl2N5O2. The minimum Gasteiger partial charge on any atom is -0.370 e. The van der Waals surface area contributed by atoms with E-state index in [0.29, 0.717) is 35.6 Å². The number of amides is 2. The normalized spacial score (nSPS) is 17.8. The van der Waals surface area contributed by atoms with Gasteiger partial charge in [0.25, 0.3) is 0 Å². The summed E-state index contributed by atoms with van der Waals surface area (Å²) < 4.78 is 7.46. The molecule has 0 spiro atoms. The van der Waals surface area contributed by atoms with Gasteiger partial charge in [-0.05, 0) is 31.5 Å². The van der Waals surface area contributed by atoms with Crippen LogP contribution in [0.2, 0.25) is 10.0 Å². The first-order chi connectivity index (χ1) is 11.9. The molecule has 0 aliphatic carbocycles. The lowest BCUT2D eigenvalue weighted by Gasteiger charge is -2.33. The first-order valence-corrected chi connectivity index (χ1v) is 8.74. The smallest absolute Gasteiger partial charge is 0.323 e. The molecular weight excluding hydrogens is 365 g/mol. The third kappa shape index (κ3) is 4.23. The maximum Gasteiger partial charge on any atom is 0.323 e. The molecule has 1 aliphatic rings. The zero-order valence-electron chi connectivity index (χ0n) is 13.9. The molecule has 2 heterocycles. The Morgan fingerprint density at radius 1 is 1.36 bits per heavy atom. The number of morpholine rings is 1. The van der Waals surface area contributed by atoms with E-state index >= 15 is 0 Å².